The highest BCUT2D eigenvalue weighted by Gasteiger charge is 2.28. The molecule has 0 saturated carbocycles. The van der Waals surface area contributed by atoms with Gasteiger partial charge in [0, 0.05) is 45.9 Å². The fourth-order valence-electron chi connectivity index (χ4n) is 4.12. The van der Waals surface area contributed by atoms with Gasteiger partial charge in [0.05, 0.1) is 11.5 Å². The van der Waals surface area contributed by atoms with Crippen LogP contribution in [0.25, 0.3) is 0 Å². The quantitative estimate of drug-likeness (QED) is 0.363. The molecule has 1 N–H and O–H groups in total. The summed E-state index contributed by atoms with van der Waals surface area (Å²) in [5, 5.41) is 0. The second-order valence-electron chi connectivity index (χ2n) is 8.82. The molecule has 1 aliphatic heterocycles. The summed E-state index contributed by atoms with van der Waals surface area (Å²) < 4.78 is 52.9. The predicted molar refractivity (Wildman–Crippen MR) is 136 cm³/mol. The van der Waals surface area contributed by atoms with Crippen molar-refractivity contribution in [3.63, 3.8) is 0 Å². The highest BCUT2D eigenvalue weighted by molar-refractivity contribution is 7.89. The van der Waals surface area contributed by atoms with Crippen molar-refractivity contribution in [2.75, 3.05) is 46.4 Å². The van der Waals surface area contributed by atoms with Gasteiger partial charge < -0.3 is 14.4 Å². The SMILES string of the molecule is C=CC(=O)N1CCN(C[C@H](Oc2ccc(S(=O)(=O)NCCOC)cc2)c2ccc(C)c(F)c2)C[C@H]1C. The summed E-state index contributed by atoms with van der Waals surface area (Å²) in [4.78, 5) is 16.2. The van der Waals surface area contributed by atoms with Gasteiger partial charge in [-0.05, 0) is 61.4 Å². The Morgan fingerprint density at radius 2 is 1.97 bits per heavy atom. The molecular formula is C26H34FN3O5S. The fraction of sp³-hybridized carbons (Fsp3) is 0.423. The van der Waals surface area contributed by atoms with Gasteiger partial charge in [-0.2, -0.15) is 0 Å². The largest absolute Gasteiger partial charge is 0.484 e. The lowest BCUT2D eigenvalue weighted by molar-refractivity contribution is -0.130. The lowest BCUT2D eigenvalue weighted by atomic mass is 10.0. The van der Waals surface area contributed by atoms with Crippen molar-refractivity contribution in [2.24, 2.45) is 0 Å². The van der Waals surface area contributed by atoms with Crippen LogP contribution in [0.1, 0.15) is 24.2 Å². The third kappa shape index (κ3) is 7.13. The first-order valence-electron chi connectivity index (χ1n) is 11.8. The number of ether oxygens (including phenoxy) is 2. The third-order valence-corrected chi connectivity index (χ3v) is 7.65. The van der Waals surface area contributed by atoms with Crippen LogP contribution in [0.4, 0.5) is 4.39 Å². The van der Waals surface area contributed by atoms with Crippen LogP contribution in [0.3, 0.4) is 0 Å². The Labute approximate surface area is 212 Å². The van der Waals surface area contributed by atoms with Crippen LogP contribution < -0.4 is 9.46 Å². The Hall–Kier alpha value is -2.79. The summed E-state index contributed by atoms with van der Waals surface area (Å²) in [5.41, 5.74) is 1.21. The summed E-state index contributed by atoms with van der Waals surface area (Å²) >= 11 is 0. The first kappa shape index (κ1) is 27.8. The van der Waals surface area contributed by atoms with Gasteiger partial charge in [0.2, 0.25) is 15.9 Å². The number of carbonyl (C=O) groups is 1. The second-order valence-corrected chi connectivity index (χ2v) is 10.6. The van der Waals surface area contributed by atoms with Crippen LogP contribution >= 0.6 is 0 Å². The molecule has 1 amide bonds. The molecule has 8 nitrogen and oxygen atoms in total. The third-order valence-electron chi connectivity index (χ3n) is 6.17. The van der Waals surface area contributed by atoms with E-state index in [4.69, 9.17) is 9.47 Å². The van der Waals surface area contributed by atoms with E-state index in [1.54, 1.807) is 30.0 Å². The smallest absolute Gasteiger partial charge is 0.246 e. The molecule has 0 aliphatic carbocycles. The average Bonchev–Trinajstić information content (AvgIpc) is 2.85. The van der Waals surface area contributed by atoms with Gasteiger partial charge in [0.15, 0.2) is 0 Å². The molecule has 1 heterocycles. The first-order valence-corrected chi connectivity index (χ1v) is 13.3. The number of piperazine rings is 1. The van der Waals surface area contributed by atoms with Crippen LogP contribution in [0.15, 0.2) is 60.0 Å². The van der Waals surface area contributed by atoms with Crippen molar-refractivity contribution < 1.29 is 27.1 Å². The van der Waals surface area contributed by atoms with E-state index in [1.165, 1.54) is 31.4 Å². The number of rotatable bonds is 11. The topological polar surface area (TPSA) is 88.2 Å². The van der Waals surface area contributed by atoms with Crippen LogP contribution in [0.5, 0.6) is 5.75 Å². The molecule has 36 heavy (non-hydrogen) atoms. The van der Waals surface area contributed by atoms with Crippen LogP contribution in [-0.4, -0.2) is 76.6 Å². The molecule has 1 fully saturated rings. The summed E-state index contributed by atoms with van der Waals surface area (Å²) in [5.74, 6) is 0.0482. The number of nitrogens with zero attached hydrogens (tertiary/aromatic N) is 2. The number of nitrogens with one attached hydrogen (secondary N) is 1. The highest BCUT2D eigenvalue weighted by Crippen LogP contribution is 2.27. The molecule has 0 bridgehead atoms. The summed E-state index contributed by atoms with van der Waals surface area (Å²) in [6.45, 7) is 10.0. The standard InChI is InChI=1S/C26H34FN3O5S/c1-5-26(31)30-14-13-29(17-20(30)3)18-25(21-7-6-19(2)24(27)16-21)35-22-8-10-23(11-9-22)36(32,33)28-12-15-34-4/h5-11,16,20,25,28H,1,12-15,17-18H2,2-4H3/t20-,25+/m1/s1. The van der Waals surface area contributed by atoms with Gasteiger partial charge in [0.25, 0.3) is 0 Å². The summed E-state index contributed by atoms with van der Waals surface area (Å²) in [6, 6.07) is 11.1. The van der Waals surface area contributed by atoms with Gasteiger partial charge in [-0.1, -0.05) is 18.7 Å². The number of halogens is 1. The molecule has 1 saturated heterocycles. The number of sulfonamides is 1. The second kappa shape index (κ2) is 12.4. The van der Waals surface area contributed by atoms with Gasteiger partial charge in [-0.25, -0.2) is 17.5 Å². The minimum Gasteiger partial charge on any atom is -0.484 e. The van der Waals surface area contributed by atoms with E-state index in [0.717, 1.165) is 0 Å². The van der Waals surface area contributed by atoms with E-state index < -0.39 is 16.1 Å². The predicted octanol–water partition coefficient (Wildman–Crippen LogP) is 2.90. The zero-order valence-corrected chi connectivity index (χ0v) is 21.8. The molecule has 1 aliphatic rings. The number of aryl methyl sites for hydroxylation is 1. The summed E-state index contributed by atoms with van der Waals surface area (Å²) in [7, 11) is -2.17. The molecular weight excluding hydrogens is 485 g/mol. The Kier molecular flexibility index (Phi) is 9.61. The first-order chi connectivity index (χ1) is 17.1. The Morgan fingerprint density at radius 1 is 1.25 bits per heavy atom. The van der Waals surface area contributed by atoms with Crippen LogP contribution in [0.2, 0.25) is 0 Å². The lowest BCUT2D eigenvalue weighted by Crippen LogP contribution is -2.54. The van der Waals surface area contributed by atoms with Crippen molar-refractivity contribution in [1.29, 1.82) is 0 Å². The zero-order chi connectivity index (χ0) is 26.3. The molecule has 0 radical (unpaired) electrons. The minimum absolute atomic E-state index is 0.00486. The molecule has 10 heteroatoms. The maximum atomic E-state index is 14.4. The van der Waals surface area contributed by atoms with Gasteiger partial charge in [0.1, 0.15) is 17.7 Å². The van der Waals surface area contributed by atoms with E-state index >= 15 is 0 Å². The van der Waals surface area contributed by atoms with Crippen LogP contribution in [0, 0.1) is 12.7 Å². The molecule has 0 unspecified atom stereocenters. The maximum Gasteiger partial charge on any atom is 0.246 e. The van der Waals surface area contributed by atoms with E-state index in [9.17, 15) is 17.6 Å². The Morgan fingerprint density at radius 3 is 2.58 bits per heavy atom. The lowest BCUT2D eigenvalue weighted by Gasteiger charge is -2.40. The normalized spacial score (nSPS) is 17.6. The average molecular weight is 520 g/mol. The van der Waals surface area contributed by atoms with E-state index in [2.05, 4.69) is 16.2 Å². The van der Waals surface area contributed by atoms with E-state index in [0.29, 0.717) is 43.1 Å². The molecule has 2 aromatic rings. The number of hydrogen-bond donors (Lipinski definition) is 1. The van der Waals surface area contributed by atoms with E-state index in [-0.39, 0.29) is 35.8 Å². The molecule has 196 valence electrons. The number of amides is 1. The fourth-order valence-corrected chi connectivity index (χ4v) is 5.13. The van der Waals surface area contributed by atoms with Gasteiger partial charge in [-0.3, -0.25) is 9.69 Å². The van der Waals surface area contributed by atoms with Crippen molar-refractivity contribution in [3.8, 4) is 5.75 Å². The number of benzene rings is 2. The summed E-state index contributed by atoms with van der Waals surface area (Å²) in [6.07, 6.45) is 0.820. The van der Waals surface area contributed by atoms with Crippen molar-refractivity contribution in [2.45, 2.75) is 30.9 Å². The van der Waals surface area contributed by atoms with Crippen molar-refractivity contribution in [1.82, 2.24) is 14.5 Å². The number of hydrogen-bond acceptors (Lipinski definition) is 6. The van der Waals surface area contributed by atoms with Crippen molar-refractivity contribution in [3.05, 3.63) is 72.1 Å². The van der Waals surface area contributed by atoms with Gasteiger partial charge in [-0.15, -0.1) is 0 Å². The molecule has 3 rings (SSSR count). The monoisotopic (exact) mass is 519 g/mol. The molecule has 2 aromatic carbocycles. The Balaban J connectivity index is 1.77. The van der Waals surface area contributed by atoms with E-state index in [1.807, 2.05) is 13.0 Å². The number of carbonyl (C=O) groups excluding carboxylic acids is 1. The molecule has 2 atom stereocenters. The van der Waals surface area contributed by atoms with Crippen LogP contribution in [-0.2, 0) is 19.6 Å². The molecule has 0 aromatic heterocycles. The zero-order valence-electron chi connectivity index (χ0n) is 20.9. The maximum absolute atomic E-state index is 14.4. The number of methoxy groups -OCH3 is 1. The molecule has 0 spiro atoms. The van der Waals surface area contributed by atoms with Gasteiger partial charge >= 0.3 is 0 Å². The Bertz CT molecular complexity index is 1160. The van der Waals surface area contributed by atoms with Crippen molar-refractivity contribution >= 4 is 15.9 Å². The highest BCUT2D eigenvalue weighted by atomic mass is 32.2. The minimum atomic E-state index is -3.67.